The third-order valence-electron chi connectivity index (χ3n) is 3.29. The lowest BCUT2D eigenvalue weighted by atomic mass is 10.1. The maximum Gasteiger partial charge on any atom is 0.239 e. The number of phenolic OH excluding ortho intramolecular Hbond substituents is 1. The first-order valence-electron chi connectivity index (χ1n) is 6.40. The highest BCUT2D eigenvalue weighted by atomic mass is 79.9. The Morgan fingerprint density at radius 1 is 1.16 bits per heavy atom. The predicted octanol–water partition coefficient (Wildman–Crippen LogP) is 2.21. The van der Waals surface area contributed by atoms with Gasteiger partial charge < -0.3 is 14.9 Å². The number of hydrogen-bond donors (Lipinski definition) is 1. The summed E-state index contributed by atoms with van der Waals surface area (Å²) >= 11 is 3.41. The van der Waals surface area contributed by atoms with Crippen molar-refractivity contribution in [2.24, 2.45) is 0 Å². The quantitative estimate of drug-likeness (QED) is 0.847. The molecule has 0 atom stereocenters. The minimum absolute atomic E-state index is 0.137. The van der Waals surface area contributed by atoms with Crippen molar-refractivity contribution in [1.29, 1.82) is 0 Å². The molecule has 0 saturated carbocycles. The molecule has 1 heterocycles. The van der Waals surface area contributed by atoms with Crippen LogP contribution in [0.25, 0.3) is 0 Å². The Labute approximate surface area is 122 Å². The first-order chi connectivity index (χ1) is 8.88. The maximum atomic E-state index is 12.1. The number of piperazine rings is 1. The van der Waals surface area contributed by atoms with Crippen LogP contribution in [-0.4, -0.2) is 46.4 Å². The van der Waals surface area contributed by atoms with Crippen LogP contribution < -0.4 is 4.90 Å². The second-order valence-electron chi connectivity index (χ2n) is 5.27. The van der Waals surface area contributed by atoms with E-state index in [9.17, 15) is 9.90 Å². The molecule has 1 aromatic carbocycles. The van der Waals surface area contributed by atoms with Gasteiger partial charge in [0.25, 0.3) is 0 Å². The van der Waals surface area contributed by atoms with Crippen LogP contribution >= 0.6 is 15.9 Å². The van der Waals surface area contributed by atoms with Gasteiger partial charge in [0, 0.05) is 31.9 Å². The number of rotatable bonds is 2. The molecule has 19 heavy (non-hydrogen) atoms. The number of aromatic hydroxyl groups is 1. The van der Waals surface area contributed by atoms with Gasteiger partial charge in [-0.3, -0.25) is 4.79 Å². The number of nitrogens with zero attached hydrogens (tertiary/aromatic N) is 2. The summed E-state index contributed by atoms with van der Waals surface area (Å²) in [6, 6.07) is 7.19. The third-order valence-corrected chi connectivity index (χ3v) is 3.63. The van der Waals surface area contributed by atoms with Gasteiger partial charge in [-0.1, -0.05) is 15.9 Å². The monoisotopic (exact) mass is 326 g/mol. The Kier molecular flexibility index (Phi) is 4.04. The highest BCUT2D eigenvalue weighted by molar-refractivity contribution is 9.10. The molecule has 0 aromatic heterocycles. The second-order valence-corrected chi connectivity index (χ2v) is 7.25. The zero-order valence-corrected chi connectivity index (χ0v) is 12.9. The van der Waals surface area contributed by atoms with Crippen molar-refractivity contribution < 1.29 is 9.90 Å². The van der Waals surface area contributed by atoms with E-state index in [-0.39, 0.29) is 11.7 Å². The van der Waals surface area contributed by atoms with Gasteiger partial charge in [-0.05, 0) is 38.1 Å². The summed E-state index contributed by atoms with van der Waals surface area (Å²) in [7, 11) is 0. The molecule has 1 aliphatic heterocycles. The van der Waals surface area contributed by atoms with Gasteiger partial charge in [0.2, 0.25) is 5.91 Å². The summed E-state index contributed by atoms with van der Waals surface area (Å²) in [6.45, 7) is 6.85. The Balaban J connectivity index is 1.96. The van der Waals surface area contributed by atoms with Crippen LogP contribution in [-0.2, 0) is 4.79 Å². The zero-order chi connectivity index (χ0) is 14.0. The van der Waals surface area contributed by atoms with Crippen molar-refractivity contribution in [3.05, 3.63) is 24.3 Å². The van der Waals surface area contributed by atoms with Gasteiger partial charge in [-0.15, -0.1) is 0 Å². The van der Waals surface area contributed by atoms with E-state index in [4.69, 9.17) is 0 Å². The van der Waals surface area contributed by atoms with E-state index in [1.807, 2.05) is 30.9 Å². The SMILES string of the molecule is CC(C)(Br)C(=O)N1CCN(c2ccc(O)cc2)CC1. The van der Waals surface area contributed by atoms with Crippen molar-refractivity contribution in [1.82, 2.24) is 4.90 Å². The normalized spacial score (nSPS) is 16.6. The summed E-state index contributed by atoms with van der Waals surface area (Å²) in [5.41, 5.74) is 1.09. The fourth-order valence-corrected chi connectivity index (χ4v) is 2.46. The highest BCUT2D eigenvalue weighted by Crippen LogP contribution is 2.23. The number of anilines is 1. The summed E-state index contributed by atoms with van der Waals surface area (Å²) in [5.74, 6) is 0.413. The van der Waals surface area contributed by atoms with E-state index in [0.29, 0.717) is 0 Å². The van der Waals surface area contributed by atoms with E-state index in [1.54, 1.807) is 12.1 Å². The second kappa shape index (κ2) is 5.41. The molecule has 1 aromatic rings. The van der Waals surface area contributed by atoms with E-state index in [0.717, 1.165) is 31.9 Å². The minimum atomic E-state index is -0.492. The number of alkyl halides is 1. The minimum Gasteiger partial charge on any atom is -0.508 e. The first-order valence-corrected chi connectivity index (χ1v) is 7.19. The molecule has 0 bridgehead atoms. The molecule has 4 nitrogen and oxygen atoms in total. The van der Waals surface area contributed by atoms with Gasteiger partial charge >= 0.3 is 0 Å². The Morgan fingerprint density at radius 3 is 2.16 bits per heavy atom. The molecule has 2 rings (SSSR count). The number of hydrogen-bond acceptors (Lipinski definition) is 3. The summed E-state index contributed by atoms with van der Waals surface area (Å²) < 4.78 is -0.492. The fourth-order valence-electron chi connectivity index (χ4n) is 2.21. The van der Waals surface area contributed by atoms with Crippen molar-refractivity contribution in [2.45, 2.75) is 18.2 Å². The van der Waals surface area contributed by atoms with E-state index in [2.05, 4.69) is 20.8 Å². The largest absolute Gasteiger partial charge is 0.508 e. The summed E-state index contributed by atoms with van der Waals surface area (Å²) in [5, 5.41) is 9.28. The van der Waals surface area contributed by atoms with Crippen LogP contribution in [0.4, 0.5) is 5.69 Å². The van der Waals surface area contributed by atoms with Gasteiger partial charge in [-0.25, -0.2) is 0 Å². The number of carbonyl (C=O) groups excluding carboxylic acids is 1. The van der Waals surface area contributed by atoms with Gasteiger partial charge in [-0.2, -0.15) is 0 Å². The molecule has 104 valence electrons. The molecule has 1 N–H and O–H groups in total. The highest BCUT2D eigenvalue weighted by Gasteiger charge is 2.31. The number of carbonyl (C=O) groups is 1. The number of halogens is 1. The maximum absolute atomic E-state index is 12.1. The van der Waals surface area contributed by atoms with Gasteiger partial charge in [0.1, 0.15) is 5.75 Å². The third kappa shape index (κ3) is 3.41. The number of amides is 1. The lowest BCUT2D eigenvalue weighted by Gasteiger charge is -2.38. The van der Waals surface area contributed by atoms with Crippen LogP contribution in [0.15, 0.2) is 24.3 Å². The molecule has 1 amide bonds. The Bertz CT molecular complexity index is 446. The summed E-state index contributed by atoms with van der Waals surface area (Å²) in [6.07, 6.45) is 0. The molecule has 0 aliphatic carbocycles. The molecule has 0 spiro atoms. The zero-order valence-electron chi connectivity index (χ0n) is 11.3. The van der Waals surface area contributed by atoms with Crippen LogP contribution in [0.2, 0.25) is 0 Å². The van der Waals surface area contributed by atoms with Crippen molar-refractivity contribution in [3.8, 4) is 5.75 Å². The molecule has 1 fully saturated rings. The lowest BCUT2D eigenvalue weighted by molar-refractivity contribution is -0.133. The number of benzene rings is 1. The van der Waals surface area contributed by atoms with Crippen LogP contribution in [0.3, 0.4) is 0 Å². The standard InChI is InChI=1S/C14H19BrN2O2/c1-14(2,15)13(19)17-9-7-16(8-10-17)11-3-5-12(18)6-4-11/h3-6,18H,7-10H2,1-2H3. The van der Waals surface area contributed by atoms with E-state index < -0.39 is 4.32 Å². The molecule has 0 radical (unpaired) electrons. The van der Waals surface area contributed by atoms with Crippen molar-refractivity contribution >= 4 is 27.5 Å². The molecule has 5 heteroatoms. The molecule has 0 unspecified atom stereocenters. The number of phenols is 1. The van der Waals surface area contributed by atoms with Crippen molar-refractivity contribution in [2.75, 3.05) is 31.1 Å². The smallest absolute Gasteiger partial charge is 0.239 e. The van der Waals surface area contributed by atoms with E-state index in [1.165, 1.54) is 0 Å². The Morgan fingerprint density at radius 2 is 1.68 bits per heavy atom. The Hall–Kier alpha value is -1.23. The molecule has 1 saturated heterocycles. The fraction of sp³-hybridized carbons (Fsp3) is 0.500. The molecular weight excluding hydrogens is 308 g/mol. The first kappa shape index (κ1) is 14.2. The molecular formula is C14H19BrN2O2. The van der Waals surface area contributed by atoms with E-state index >= 15 is 0 Å². The lowest BCUT2D eigenvalue weighted by Crippen LogP contribution is -2.52. The van der Waals surface area contributed by atoms with Crippen LogP contribution in [0, 0.1) is 0 Å². The average Bonchev–Trinajstić information content (AvgIpc) is 2.38. The van der Waals surface area contributed by atoms with Crippen LogP contribution in [0.5, 0.6) is 5.75 Å². The predicted molar refractivity (Wildman–Crippen MR) is 79.9 cm³/mol. The van der Waals surface area contributed by atoms with Gasteiger partial charge in [0.15, 0.2) is 0 Å². The van der Waals surface area contributed by atoms with Gasteiger partial charge in [0.05, 0.1) is 4.32 Å². The topological polar surface area (TPSA) is 43.8 Å². The summed E-state index contributed by atoms with van der Waals surface area (Å²) in [4.78, 5) is 16.3. The molecule has 1 aliphatic rings. The van der Waals surface area contributed by atoms with Crippen molar-refractivity contribution in [3.63, 3.8) is 0 Å². The van der Waals surface area contributed by atoms with Crippen LogP contribution in [0.1, 0.15) is 13.8 Å². The average molecular weight is 327 g/mol.